The Morgan fingerprint density at radius 3 is 2.86 bits per heavy atom. The molecule has 1 aliphatic heterocycles. The Balaban J connectivity index is 1.91. The summed E-state index contributed by atoms with van der Waals surface area (Å²) in [6.07, 6.45) is 0. The molecule has 1 aromatic carbocycles. The van der Waals surface area contributed by atoms with E-state index in [9.17, 15) is 0 Å². The van der Waals surface area contributed by atoms with E-state index in [0.717, 1.165) is 26.2 Å². The van der Waals surface area contributed by atoms with Crippen LogP contribution in [-0.4, -0.2) is 30.2 Å². The number of rotatable bonds is 2. The molecule has 2 nitrogen and oxygen atoms in total. The second kappa shape index (κ2) is 4.78. The third-order valence-electron chi connectivity index (χ3n) is 2.36. The normalized spacial score (nSPS) is 23.6. The van der Waals surface area contributed by atoms with Crippen molar-refractivity contribution in [3.8, 4) is 0 Å². The van der Waals surface area contributed by atoms with Gasteiger partial charge in [0.25, 0.3) is 0 Å². The predicted octanol–water partition coefficient (Wildman–Crippen LogP) is 2.08. The molecule has 0 spiro atoms. The molecule has 76 valence electrons. The Kier molecular flexibility index (Phi) is 3.40. The Hall–Kier alpha value is -0.570. The van der Waals surface area contributed by atoms with Crippen molar-refractivity contribution < 1.29 is 4.74 Å². The summed E-state index contributed by atoms with van der Waals surface area (Å²) < 4.78 is 5.27. The molecule has 1 fully saturated rings. The molecule has 2 rings (SSSR count). The van der Waals surface area contributed by atoms with E-state index < -0.39 is 0 Å². The molecule has 0 bridgehead atoms. The van der Waals surface area contributed by atoms with Crippen molar-refractivity contribution >= 4 is 11.6 Å². The zero-order chi connectivity index (χ0) is 9.80. The molecule has 1 saturated heterocycles. The van der Waals surface area contributed by atoms with E-state index in [-0.39, 0.29) is 5.56 Å². The fraction of sp³-hybridized carbons (Fsp3) is 0.455. The molecule has 1 unspecified atom stereocenters. The van der Waals surface area contributed by atoms with E-state index >= 15 is 0 Å². The maximum atomic E-state index is 5.91. The summed E-state index contributed by atoms with van der Waals surface area (Å²) in [6, 6.07) is 10.4. The highest BCUT2D eigenvalue weighted by Crippen LogP contribution is 2.12. The van der Waals surface area contributed by atoms with Crippen LogP contribution in [0.2, 0.25) is 0 Å². The molecule has 1 aromatic rings. The molecule has 1 heterocycles. The lowest BCUT2D eigenvalue weighted by Crippen LogP contribution is -2.39. The van der Waals surface area contributed by atoms with Gasteiger partial charge >= 0.3 is 0 Å². The number of alkyl halides is 1. The SMILES string of the molecule is ClC1CN(Cc2ccccc2)CCO1. The third kappa shape index (κ3) is 2.71. The van der Waals surface area contributed by atoms with Gasteiger partial charge in [-0.1, -0.05) is 41.9 Å². The molecule has 1 atom stereocenters. The molecular formula is C11H14ClNO. The van der Waals surface area contributed by atoms with E-state index in [1.54, 1.807) is 0 Å². The second-order valence-corrected chi connectivity index (χ2v) is 3.99. The zero-order valence-electron chi connectivity index (χ0n) is 8.03. The molecular weight excluding hydrogens is 198 g/mol. The molecule has 0 aromatic heterocycles. The number of hydrogen-bond acceptors (Lipinski definition) is 2. The topological polar surface area (TPSA) is 12.5 Å². The molecule has 14 heavy (non-hydrogen) atoms. The first-order valence-electron chi connectivity index (χ1n) is 4.86. The maximum Gasteiger partial charge on any atom is 0.143 e. The lowest BCUT2D eigenvalue weighted by molar-refractivity contribution is 0.0107. The van der Waals surface area contributed by atoms with Crippen molar-refractivity contribution in [2.45, 2.75) is 12.1 Å². The summed E-state index contributed by atoms with van der Waals surface area (Å²) in [5.41, 5.74) is 1.19. The maximum absolute atomic E-state index is 5.91. The minimum atomic E-state index is -0.146. The minimum absolute atomic E-state index is 0.146. The van der Waals surface area contributed by atoms with Gasteiger partial charge in [-0.15, -0.1) is 0 Å². The fourth-order valence-electron chi connectivity index (χ4n) is 1.64. The lowest BCUT2D eigenvalue weighted by atomic mass is 10.2. The van der Waals surface area contributed by atoms with Crippen molar-refractivity contribution in [2.24, 2.45) is 0 Å². The number of benzene rings is 1. The predicted molar refractivity (Wildman–Crippen MR) is 57.3 cm³/mol. The highest BCUT2D eigenvalue weighted by Gasteiger charge is 2.17. The van der Waals surface area contributed by atoms with Crippen LogP contribution in [0.1, 0.15) is 5.56 Å². The van der Waals surface area contributed by atoms with Crippen molar-refractivity contribution in [1.29, 1.82) is 0 Å². The van der Waals surface area contributed by atoms with E-state index in [4.69, 9.17) is 16.3 Å². The number of nitrogens with zero attached hydrogens (tertiary/aromatic N) is 1. The number of ether oxygens (including phenoxy) is 1. The smallest absolute Gasteiger partial charge is 0.143 e. The molecule has 1 aliphatic rings. The second-order valence-electron chi connectivity index (χ2n) is 3.50. The average Bonchev–Trinajstić information content (AvgIpc) is 2.19. The van der Waals surface area contributed by atoms with Crippen LogP contribution >= 0.6 is 11.6 Å². The number of morpholine rings is 1. The summed E-state index contributed by atoms with van der Waals surface area (Å²) in [5.74, 6) is 0. The Morgan fingerprint density at radius 1 is 1.36 bits per heavy atom. The summed E-state index contributed by atoms with van der Waals surface area (Å²) in [4.78, 5) is 2.32. The van der Waals surface area contributed by atoms with Gasteiger partial charge in [0.1, 0.15) is 5.56 Å². The first kappa shape index (κ1) is 9.97. The van der Waals surface area contributed by atoms with Crippen LogP contribution in [0.5, 0.6) is 0 Å². The van der Waals surface area contributed by atoms with Gasteiger partial charge in [0.15, 0.2) is 0 Å². The van der Waals surface area contributed by atoms with Crippen LogP contribution in [0.4, 0.5) is 0 Å². The summed E-state index contributed by atoms with van der Waals surface area (Å²) >= 11 is 5.91. The van der Waals surface area contributed by atoms with Crippen LogP contribution in [-0.2, 0) is 11.3 Å². The molecule has 0 saturated carbocycles. The van der Waals surface area contributed by atoms with Crippen LogP contribution in [0.3, 0.4) is 0 Å². The Bertz CT molecular complexity index is 278. The first-order chi connectivity index (χ1) is 6.84. The van der Waals surface area contributed by atoms with Crippen LogP contribution in [0, 0.1) is 0 Å². The Labute approximate surface area is 89.4 Å². The zero-order valence-corrected chi connectivity index (χ0v) is 8.78. The summed E-state index contributed by atoms with van der Waals surface area (Å²) in [5, 5.41) is 0. The third-order valence-corrected chi connectivity index (χ3v) is 2.62. The molecule has 0 radical (unpaired) electrons. The highest BCUT2D eigenvalue weighted by molar-refractivity contribution is 6.19. The number of hydrogen-bond donors (Lipinski definition) is 0. The highest BCUT2D eigenvalue weighted by atomic mass is 35.5. The van der Waals surface area contributed by atoms with Crippen molar-refractivity contribution in [3.05, 3.63) is 35.9 Å². The number of halogens is 1. The molecule has 0 N–H and O–H groups in total. The first-order valence-corrected chi connectivity index (χ1v) is 5.30. The quantitative estimate of drug-likeness (QED) is 0.695. The van der Waals surface area contributed by atoms with Gasteiger partial charge in [-0.2, -0.15) is 0 Å². The summed E-state index contributed by atoms with van der Waals surface area (Å²) in [6.45, 7) is 3.49. The van der Waals surface area contributed by atoms with Gasteiger partial charge in [-0.25, -0.2) is 0 Å². The van der Waals surface area contributed by atoms with E-state index in [2.05, 4.69) is 29.2 Å². The van der Waals surface area contributed by atoms with Crippen molar-refractivity contribution in [3.63, 3.8) is 0 Å². The Morgan fingerprint density at radius 2 is 2.14 bits per heavy atom. The van der Waals surface area contributed by atoms with Gasteiger partial charge in [-0.05, 0) is 5.56 Å². The summed E-state index contributed by atoms with van der Waals surface area (Å²) in [7, 11) is 0. The van der Waals surface area contributed by atoms with E-state index in [1.165, 1.54) is 5.56 Å². The van der Waals surface area contributed by atoms with Gasteiger partial charge in [0.05, 0.1) is 6.61 Å². The van der Waals surface area contributed by atoms with Gasteiger partial charge in [0, 0.05) is 19.6 Å². The van der Waals surface area contributed by atoms with Crippen LogP contribution in [0.15, 0.2) is 30.3 Å². The van der Waals surface area contributed by atoms with E-state index in [1.807, 2.05) is 6.07 Å². The van der Waals surface area contributed by atoms with Crippen molar-refractivity contribution in [2.75, 3.05) is 19.7 Å². The van der Waals surface area contributed by atoms with Crippen LogP contribution in [0.25, 0.3) is 0 Å². The van der Waals surface area contributed by atoms with Gasteiger partial charge in [0.2, 0.25) is 0 Å². The monoisotopic (exact) mass is 211 g/mol. The fourth-order valence-corrected chi connectivity index (χ4v) is 1.93. The lowest BCUT2D eigenvalue weighted by Gasteiger charge is -2.29. The largest absolute Gasteiger partial charge is 0.360 e. The molecule has 3 heteroatoms. The van der Waals surface area contributed by atoms with Gasteiger partial charge in [-0.3, -0.25) is 4.90 Å². The van der Waals surface area contributed by atoms with Gasteiger partial charge < -0.3 is 4.74 Å². The van der Waals surface area contributed by atoms with Crippen LogP contribution < -0.4 is 0 Å². The van der Waals surface area contributed by atoms with E-state index in [0.29, 0.717) is 0 Å². The molecule has 0 aliphatic carbocycles. The minimum Gasteiger partial charge on any atom is -0.360 e. The average molecular weight is 212 g/mol. The molecule has 0 amide bonds. The van der Waals surface area contributed by atoms with Crippen molar-refractivity contribution in [1.82, 2.24) is 4.90 Å². The standard InChI is InChI=1S/C11H14ClNO/c12-11-9-13(6-7-14-11)8-10-4-2-1-3-5-10/h1-5,11H,6-9H2.